The zero-order chi connectivity index (χ0) is 22.8. The molecule has 0 N–H and O–H groups in total. The number of hydrogen-bond acceptors (Lipinski definition) is 10. The zero-order valence-corrected chi connectivity index (χ0v) is 17.7. The zero-order valence-electron chi connectivity index (χ0n) is 17.7. The van der Waals surface area contributed by atoms with Crippen molar-refractivity contribution in [1.82, 2.24) is 0 Å². The fourth-order valence-electron chi connectivity index (χ4n) is 3.04. The molecule has 0 aromatic carbocycles. The second kappa shape index (κ2) is 11.9. The lowest BCUT2D eigenvalue weighted by molar-refractivity contribution is -0.208. The van der Waals surface area contributed by atoms with Crippen molar-refractivity contribution in [3.8, 4) is 0 Å². The Morgan fingerprint density at radius 3 is 2.07 bits per heavy atom. The van der Waals surface area contributed by atoms with Crippen molar-refractivity contribution < 1.29 is 47.7 Å². The van der Waals surface area contributed by atoms with Gasteiger partial charge in [-0.2, -0.15) is 0 Å². The fourth-order valence-corrected chi connectivity index (χ4v) is 3.04. The lowest BCUT2D eigenvalue weighted by Gasteiger charge is -2.38. The van der Waals surface area contributed by atoms with Crippen LogP contribution in [-0.4, -0.2) is 60.4 Å². The Labute approximate surface area is 174 Å². The van der Waals surface area contributed by atoms with Gasteiger partial charge in [0.15, 0.2) is 24.4 Å². The lowest BCUT2D eigenvalue weighted by Crippen LogP contribution is -2.56. The maximum Gasteiger partial charge on any atom is 0.331 e. The lowest BCUT2D eigenvalue weighted by atomic mass is 9.94. The summed E-state index contributed by atoms with van der Waals surface area (Å²) in [6, 6.07) is 0. The molecule has 1 aliphatic rings. The van der Waals surface area contributed by atoms with Gasteiger partial charge in [0.05, 0.1) is 0 Å². The van der Waals surface area contributed by atoms with Crippen LogP contribution in [0.1, 0.15) is 53.9 Å². The molecule has 0 fully saturated rings. The number of carbonyl (C=O) groups excluding carboxylic acids is 5. The Hall–Kier alpha value is -2.91. The van der Waals surface area contributed by atoms with E-state index in [1.165, 1.54) is 13.0 Å². The van der Waals surface area contributed by atoms with E-state index in [0.717, 1.165) is 33.3 Å². The van der Waals surface area contributed by atoms with E-state index in [-0.39, 0.29) is 0 Å². The van der Waals surface area contributed by atoms with Crippen LogP contribution in [0.25, 0.3) is 0 Å². The minimum atomic E-state index is -1.40. The smallest absolute Gasteiger partial charge is 0.331 e. The van der Waals surface area contributed by atoms with Crippen LogP contribution in [0.5, 0.6) is 0 Å². The minimum absolute atomic E-state index is 0.292. The predicted octanol–water partition coefficient (Wildman–Crippen LogP) is 1.38. The highest BCUT2D eigenvalue weighted by Gasteiger charge is 2.47. The summed E-state index contributed by atoms with van der Waals surface area (Å²) in [5.74, 6) is -3.55. The molecule has 0 bridgehead atoms. The highest BCUT2D eigenvalue weighted by Crippen LogP contribution is 2.27. The molecule has 0 aliphatic carbocycles. The van der Waals surface area contributed by atoms with Gasteiger partial charge in [-0.15, -0.1) is 0 Å². The summed E-state index contributed by atoms with van der Waals surface area (Å²) in [6.45, 7) is 6.52. The number of cyclic esters (lactones) is 1. The number of unbranched alkanes of at least 4 members (excludes halogenated alkanes) is 1. The van der Waals surface area contributed by atoms with E-state index < -0.39 is 60.4 Å². The molecule has 30 heavy (non-hydrogen) atoms. The molecule has 10 heteroatoms. The minimum Gasteiger partial charge on any atom is -0.458 e. The molecule has 0 unspecified atom stereocenters. The third kappa shape index (κ3) is 8.22. The molecule has 0 spiro atoms. The van der Waals surface area contributed by atoms with Crippen molar-refractivity contribution in [2.24, 2.45) is 0 Å². The monoisotopic (exact) mass is 428 g/mol. The van der Waals surface area contributed by atoms with Crippen molar-refractivity contribution in [2.45, 2.75) is 84.4 Å². The van der Waals surface area contributed by atoms with Crippen molar-refractivity contribution >= 4 is 29.8 Å². The quantitative estimate of drug-likeness (QED) is 0.371. The van der Waals surface area contributed by atoms with E-state index in [2.05, 4.69) is 0 Å². The van der Waals surface area contributed by atoms with Crippen LogP contribution in [0.4, 0.5) is 0 Å². The fraction of sp³-hybridized carbons (Fsp3) is 0.650. The Balaban J connectivity index is 3.41. The Kier molecular flexibility index (Phi) is 10.00. The van der Waals surface area contributed by atoms with E-state index in [0.29, 0.717) is 12.8 Å². The van der Waals surface area contributed by atoms with Gasteiger partial charge in [-0.25, -0.2) is 4.79 Å². The second-order valence-corrected chi connectivity index (χ2v) is 6.77. The summed E-state index contributed by atoms with van der Waals surface area (Å²) in [4.78, 5) is 58.6. The molecular formula is C20H28O10. The van der Waals surface area contributed by atoms with Gasteiger partial charge < -0.3 is 23.7 Å². The molecule has 1 heterocycles. The molecule has 5 atom stereocenters. The van der Waals surface area contributed by atoms with Crippen LogP contribution in [0.15, 0.2) is 12.2 Å². The van der Waals surface area contributed by atoms with Gasteiger partial charge in [0, 0.05) is 33.8 Å². The maximum atomic E-state index is 11.9. The van der Waals surface area contributed by atoms with E-state index >= 15 is 0 Å². The maximum absolute atomic E-state index is 11.9. The largest absolute Gasteiger partial charge is 0.458 e. The average Bonchev–Trinajstić information content (AvgIpc) is 2.62. The summed E-state index contributed by atoms with van der Waals surface area (Å²) in [6.07, 6.45) is -2.11. The molecule has 0 saturated carbocycles. The SMILES string of the molecule is CCCC[C@H](OC(C)=O)[C@@H](OC(C)=O)[C@H](OC(C)=O)[C@@H]1OC(=O)C=C[C@@H]1OC(C)=O. The van der Waals surface area contributed by atoms with Crippen LogP contribution in [-0.2, 0) is 47.7 Å². The molecule has 0 amide bonds. The number of ether oxygens (including phenoxy) is 5. The van der Waals surface area contributed by atoms with Crippen molar-refractivity contribution in [2.75, 3.05) is 0 Å². The van der Waals surface area contributed by atoms with Gasteiger partial charge >= 0.3 is 29.8 Å². The Bertz CT molecular complexity index is 683. The first-order chi connectivity index (χ1) is 14.0. The van der Waals surface area contributed by atoms with Gasteiger partial charge in [0.2, 0.25) is 0 Å². The first kappa shape index (κ1) is 25.1. The number of carbonyl (C=O) groups is 5. The Morgan fingerprint density at radius 2 is 1.57 bits per heavy atom. The molecule has 0 aromatic heterocycles. The number of rotatable bonds is 10. The number of hydrogen-bond donors (Lipinski definition) is 0. The van der Waals surface area contributed by atoms with Crippen LogP contribution < -0.4 is 0 Å². The van der Waals surface area contributed by atoms with Gasteiger partial charge in [0.25, 0.3) is 0 Å². The highest BCUT2D eigenvalue weighted by molar-refractivity contribution is 5.83. The topological polar surface area (TPSA) is 132 Å². The Morgan fingerprint density at radius 1 is 0.967 bits per heavy atom. The third-order valence-electron chi connectivity index (χ3n) is 4.08. The van der Waals surface area contributed by atoms with Crippen LogP contribution >= 0.6 is 0 Å². The molecule has 0 saturated heterocycles. The van der Waals surface area contributed by atoms with Crippen molar-refractivity contribution in [3.05, 3.63) is 12.2 Å². The van der Waals surface area contributed by atoms with E-state index in [1.807, 2.05) is 6.92 Å². The van der Waals surface area contributed by atoms with E-state index in [4.69, 9.17) is 23.7 Å². The van der Waals surface area contributed by atoms with Crippen molar-refractivity contribution in [1.29, 1.82) is 0 Å². The predicted molar refractivity (Wildman–Crippen MR) is 101 cm³/mol. The first-order valence-corrected chi connectivity index (χ1v) is 9.62. The molecule has 1 aliphatic heterocycles. The van der Waals surface area contributed by atoms with E-state index in [9.17, 15) is 24.0 Å². The summed E-state index contributed by atoms with van der Waals surface area (Å²) in [5, 5.41) is 0. The van der Waals surface area contributed by atoms with Crippen LogP contribution in [0.2, 0.25) is 0 Å². The van der Waals surface area contributed by atoms with Gasteiger partial charge in [-0.1, -0.05) is 13.3 Å². The third-order valence-corrected chi connectivity index (χ3v) is 4.08. The summed E-state index contributed by atoms with van der Waals surface area (Å²) < 4.78 is 26.5. The normalized spacial score (nSPS) is 20.9. The molecule has 10 nitrogen and oxygen atoms in total. The first-order valence-electron chi connectivity index (χ1n) is 9.62. The van der Waals surface area contributed by atoms with E-state index in [1.54, 1.807) is 0 Å². The summed E-state index contributed by atoms with van der Waals surface area (Å²) >= 11 is 0. The van der Waals surface area contributed by atoms with Gasteiger partial charge in [-0.05, 0) is 18.9 Å². The van der Waals surface area contributed by atoms with Crippen LogP contribution in [0, 0.1) is 0 Å². The van der Waals surface area contributed by atoms with Gasteiger partial charge in [0.1, 0.15) is 6.10 Å². The summed E-state index contributed by atoms with van der Waals surface area (Å²) in [5.41, 5.74) is 0. The summed E-state index contributed by atoms with van der Waals surface area (Å²) in [7, 11) is 0. The highest BCUT2D eigenvalue weighted by atomic mass is 16.6. The number of esters is 5. The molecule has 0 aromatic rings. The van der Waals surface area contributed by atoms with Crippen molar-refractivity contribution in [3.63, 3.8) is 0 Å². The second-order valence-electron chi connectivity index (χ2n) is 6.77. The molecule has 0 radical (unpaired) electrons. The molecular weight excluding hydrogens is 400 g/mol. The van der Waals surface area contributed by atoms with Crippen LogP contribution in [0.3, 0.4) is 0 Å². The molecule has 168 valence electrons. The average molecular weight is 428 g/mol. The van der Waals surface area contributed by atoms with Gasteiger partial charge in [-0.3, -0.25) is 19.2 Å². The standard InChI is InChI=1S/C20H28O10/c1-6-7-8-15(26-11(2)21)18(28-13(4)23)20(29-14(5)24)19-16(27-12(3)22)9-10-17(25)30-19/h9-10,15-16,18-20H,6-8H2,1-5H3/t15-,16-,18+,19+,20-/m0/s1. The molecule has 1 rings (SSSR count).